The number of carbonyl (C=O) groups excluding carboxylic acids is 1. The highest BCUT2D eigenvalue weighted by atomic mass is 16.5. The third kappa shape index (κ3) is 3.83. The van der Waals surface area contributed by atoms with Crippen LogP contribution in [0.3, 0.4) is 0 Å². The standard InChI is InChI=1S/C16H21N5O3/c1-24-13-5-3-12(4-6-13)11-20-7-2-8-21(10-9-20)15(22)14-17-16(23)19-18-14/h3-6H,2,7-11H2,1H3,(H2,17,18,19,23). The normalized spacial score (nSPS) is 16.0. The molecule has 0 bridgehead atoms. The molecule has 0 atom stereocenters. The van der Waals surface area contributed by atoms with Crippen LogP contribution in [-0.2, 0) is 6.54 Å². The molecule has 0 unspecified atom stereocenters. The quantitative estimate of drug-likeness (QED) is 0.848. The van der Waals surface area contributed by atoms with Crippen molar-refractivity contribution in [3.8, 4) is 5.75 Å². The summed E-state index contributed by atoms with van der Waals surface area (Å²) in [7, 11) is 1.65. The van der Waals surface area contributed by atoms with Crippen LogP contribution >= 0.6 is 0 Å². The molecule has 1 aliphatic heterocycles. The van der Waals surface area contributed by atoms with Gasteiger partial charge in [-0.15, -0.1) is 5.10 Å². The summed E-state index contributed by atoms with van der Waals surface area (Å²) in [5.74, 6) is 0.683. The summed E-state index contributed by atoms with van der Waals surface area (Å²) in [6.07, 6.45) is 0.885. The molecule has 24 heavy (non-hydrogen) atoms. The minimum Gasteiger partial charge on any atom is -0.497 e. The van der Waals surface area contributed by atoms with Gasteiger partial charge in [0, 0.05) is 32.7 Å². The molecule has 2 aromatic rings. The number of rotatable bonds is 4. The number of hydrogen-bond acceptors (Lipinski definition) is 5. The molecule has 8 nitrogen and oxygen atoms in total. The highest BCUT2D eigenvalue weighted by molar-refractivity contribution is 5.90. The number of carbonyl (C=O) groups is 1. The molecule has 0 radical (unpaired) electrons. The summed E-state index contributed by atoms with van der Waals surface area (Å²) in [5, 5.41) is 5.94. The fourth-order valence-electron chi connectivity index (χ4n) is 2.84. The number of nitrogens with zero attached hydrogens (tertiary/aromatic N) is 3. The number of ether oxygens (including phenoxy) is 1. The van der Waals surface area contributed by atoms with Crippen LogP contribution < -0.4 is 10.4 Å². The molecule has 1 aromatic heterocycles. The molecule has 1 saturated heterocycles. The van der Waals surface area contributed by atoms with Crippen molar-refractivity contribution in [1.82, 2.24) is 25.0 Å². The minimum atomic E-state index is -0.464. The molecule has 1 fully saturated rings. The van der Waals surface area contributed by atoms with Crippen LogP contribution in [-0.4, -0.2) is 64.2 Å². The average Bonchev–Trinajstić information content (AvgIpc) is 2.90. The number of aromatic nitrogens is 3. The lowest BCUT2D eigenvalue weighted by molar-refractivity contribution is 0.0749. The van der Waals surface area contributed by atoms with E-state index in [1.807, 2.05) is 12.1 Å². The molecule has 1 aliphatic rings. The molecule has 0 aliphatic carbocycles. The van der Waals surface area contributed by atoms with Crippen molar-refractivity contribution < 1.29 is 9.53 Å². The second-order valence-corrected chi connectivity index (χ2v) is 5.80. The Morgan fingerprint density at radius 2 is 2.00 bits per heavy atom. The van der Waals surface area contributed by atoms with Crippen LogP contribution in [0.15, 0.2) is 29.1 Å². The van der Waals surface area contributed by atoms with E-state index in [2.05, 4.69) is 32.2 Å². The van der Waals surface area contributed by atoms with Gasteiger partial charge in [-0.25, -0.2) is 9.89 Å². The van der Waals surface area contributed by atoms with Gasteiger partial charge in [0.1, 0.15) is 5.75 Å². The Kier molecular flexibility index (Phi) is 4.95. The third-order valence-corrected chi connectivity index (χ3v) is 4.14. The lowest BCUT2D eigenvalue weighted by atomic mass is 10.2. The predicted octanol–water partition coefficient (Wildman–Crippen LogP) is 0.455. The van der Waals surface area contributed by atoms with E-state index in [-0.39, 0.29) is 11.7 Å². The molecule has 1 aromatic carbocycles. The molecule has 2 N–H and O–H groups in total. The number of aromatic amines is 2. The van der Waals surface area contributed by atoms with E-state index in [9.17, 15) is 9.59 Å². The smallest absolute Gasteiger partial charge is 0.341 e. The number of hydrogen-bond donors (Lipinski definition) is 2. The van der Waals surface area contributed by atoms with Crippen LogP contribution in [0.1, 0.15) is 22.6 Å². The van der Waals surface area contributed by atoms with Gasteiger partial charge in [0.25, 0.3) is 5.91 Å². The van der Waals surface area contributed by atoms with Crippen molar-refractivity contribution in [2.24, 2.45) is 0 Å². The van der Waals surface area contributed by atoms with Gasteiger partial charge in [0.15, 0.2) is 0 Å². The first-order valence-electron chi connectivity index (χ1n) is 7.95. The van der Waals surface area contributed by atoms with Gasteiger partial charge in [-0.3, -0.25) is 14.7 Å². The van der Waals surface area contributed by atoms with Gasteiger partial charge in [0.05, 0.1) is 7.11 Å². The van der Waals surface area contributed by atoms with Crippen molar-refractivity contribution >= 4 is 5.91 Å². The minimum absolute atomic E-state index is 0.0728. The maximum atomic E-state index is 12.3. The molecule has 128 valence electrons. The molecule has 0 saturated carbocycles. The Morgan fingerprint density at radius 3 is 2.67 bits per heavy atom. The summed E-state index contributed by atoms with van der Waals surface area (Å²) in [6.45, 7) is 3.82. The lowest BCUT2D eigenvalue weighted by Crippen LogP contribution is -2.35. The Bertz CT molecular complexity index is 737. The number of amides is 1. The monoisotopic (exact) mass is 331 g/mol. The third-order valence-electron chi connectivity index (χ3n) is 4.14. The molecule has 2 heterocycles. The van der Waals surface area contributed by atoms with E-state index >= 15 is 0 Å². The number of nitrogens with one attached hydrogen (secondary N) is 2. The predicted molar refractivity (Wildman–Crippen MR) is 88.0 cm³/mol. The van der Waals surface area contributed by atoms with Crippen LogP contribution in [0.4, 0.5) is 0 Å². The van der Waals surface area contributed by atoms with Crippen LogP contribution in [0.5, 0.6) is 5.75 Å². The van der Waals surface area contributed by atoms with E-state index in [1.165, 1.54) is 5.56 Å². The van der Waals surface area contributed by atoms with E-state index < -0.39 is 5.69 Å². The Labute approximate surface area is 139 Å². The second-order valence-electron chi connectivity index (χ2n) is 5.80. The van der Waals surface area contributed by atoms with E-state index in [0.717, 1.165) is 31.8 Å². The summed E-state index contributed by atoms with van der Waals surface area (Å²) < 4.78 is 5.17. The second kappa shape index (κ2) is 7.31. The van der Waals surface area contributed by atoms with Gasteiger partial charge >= 0.3 is 5.69 Å². The largest absolute Gasteiger partial charge is 0.497 e. The zero-order valence-electron chi connectivity index (χ0n) is 13.6. The highest BCUT2D eigenvalue weighted by Gasteiger charge is 2.22. The summed E-state index contributed by atoms with van der Waals surface area (Å²) in [5.41, 5.74) is 0.751. The Morgan fingerprint density at radius 1 is 1.21 bits per heavy atom. The van der Waals surface area contributed by atoms with Gasteiger partial charge in [-0.2, -0.15) is 0 Å². The Balaban J connectivity index is 1.58. The van der Waals surface area contributed by atoms with Crippen LogP contribution in [0.25, 0.3) is 0 Å². The van der Waals surface area contributed by atoms with Crippen molar-refractivity contribution in [2.75, 3.05) is 33.3 Å². The molecule has 3 rings (SSSR count). The maximum Gasteiger partial charge on any atom is 0.341 e. The summed E-state index contributed by atoms with van der Waals surface area (Å²) in [6, 6.07) is 8.02. The first-order valence-corrected chi connectivity index (χ1v) is 7.95. The molecular formula is C16H21N5O3. The highest BCUT2D eigenvalue weighted by Crippen LogP contribution is 2.14. The Hall–Kier alpha value is -2.61. The van der Waals surface area contributed by atoms with Crippen LogP contribution in [0.2, 0.25) is 0 Å². The fraction of sp³-hybridized carbons (Fsp3) is 0.438. The van der Waals surface area contributed by atoms with E-state index in [4.69, 9.17) is 4.74 Å². The van der Waals surface area contributed by atoms with Gasteiger partial charge in [-0.1, -0.05) is 12.1 Å². The summed E-state index contributed by atoms with van der Waals surface area (Å²) in [4.78, 5) is 29.9. The van der Waals surface area contributed by atoms with Gasteiger partial charge in [0.2, 0.25) is 5.82 Å². The lowest BCUT2D eigenvalue weighted by Gasteiger charge is -2.21. The molecule has 8 heteroatoms. The zero-order chi connectivity index (χ0) is 16.9. The number of benzene rings is 1. The van der Waals surface area contributed by atoms with Gasteiger partial charge in [-0.05, 0) is 24.1 Å². The van der Waals surface area contributed by atoms with Gasteiger partial charge < -0.3 is 9.64 Å². The number of H-pyrrole nitrogens is 2. The van der Waals surface area contributed by atoms with Crippen molar-refractivity contribution in [2.45, 2.75) is 13.0 Å². The fourth-order valence-corrected chi connectivity index (χ4v) is 2.84. The molecule has 0 spiro atoms. The van der Waals surface area contributed by atoms with Crippen molar-refractivity contribution in [1.29, 1.82) is 0 Å². The van der Waals surface area contributed by atoms with E-state index in [0.29, 0.717) is 13.1 Å². The topological polar surface area (TPSA) is 94.3 Å². The SMILES string of the molecule is COc1ccc(CN2CCCN(C(=O)c3n[nH]c(=O)[nH]3)CC2)cc1. The number of methoxy groups -OCH3 is 1. The first kappa shape index (κ1) is 16.3. The molecule has 1 amide bonds. The van der Waals surface area contributed by atoms with Crippen LogP contribution in [0, 0.1) is 0 Å². The summed E-state index contributed by atoms with van der Waals surface area (Å²) >= 11 is 0. The van der Waals surface area contributed by atoms with E-state index in [1.54, 1.807) is 12.0 Å². The first-order chi connectivity index (χ1) is 11.7. The van der Waals surface area contributed by atoms with Crippen molar-refractivity contribution in [3.05, 3.63) is 46.1 Å². The molecular weight excluding hydrogens is 310 g/mol. The zero-order valence-corrected chi connectivity index (χ0v) is 13.6. The average molecular weight is 331 g/mol. The van der Waals surface area contributed by atoms with Crippen molar-refractivity contribution in [3.63, 3.8) is 0 Å². The maximum absolute atomic E-state index is 12.3.